The van der Waals surface area contributed by atoms with Crippen molar-refractivity contribution in [2.45, 2.75) is 19.3 Å². The van der Waals surface area contributed by atoms with Crippen molar-refractivity contribution in [1.82, 2.24) is 0 Å². The Kier molecular flexibility index (Phi) is 6.55. The number of nitrogens with zero attached hydrogens (tertiary/aromatic N) is 1. The SMILES string of the molecule is CC1(C)c2ccccc2-c2cc3c(N(c4ccc(-c5cccc(-c6ccccc6)c5)cc4)c4ccc5ccccc5c4)cccc3cc21. The van der Waals surface area contributed by atoms with Crippen molar-refractivity contribution in [1.29, 1.82) is 0 Å². The molecule has 0 bridgehead atoms. The van der Waals surface area contributed by atoms with Crippen LogP contribution < -0.4 is 4.90 Å². The van der Waals surface area contributed by atoms with Crippen LogP contribution in [0.15, 0.2) is 176 Å². The summed E-state index contributed by atoms with van der Waals surface area (Å²) in [5, 5.41) is 4.97. The van der Waals surface area contributed by atoms with Crippen molar-refractivity contribution < 1.29 is 0 Å². The molecule has 0 fully saturated rings. The van der Waals surface area contributed by atoms with Gasteiger partial charge in [-0.1, -0.05) is 141 Å². The van der Waals surface area contributed by atoms with Crippen LogP contribution in [0.5, 0.6) is 0 Å². The predicted molar refractivity (Wildman–Crippen MR) is 205 cm³/mol. The van der Waals surface area contributed by atoms with Crippen LogP contribution in [-0.2, 0) is 5.41 Å². The molecule has 0 N–H and O–H groups in total. The molecule has 0 radical (unpaired) electrons. The number of anilines is 3. The van der Waals surface area contributed by atoms with Gasteiger partial charge < -0.3 is 4.90 Å². The first-order chi connectivity index (χ1) is 23.5. The zero-order valence-electron chi connectivity index (χ0n) is 27.2. The first-order valence-corrected chi connectivity index (χ1v) is 16.8. The Bertz CT molecular complexity index is 2470. The van der Waals surface area contributed by atoms with Gasteiger partial charge in [-0.15, -0.1) is 0 Å². The molecule has 9 rings (SSSR count). The molecule has 0 aliphatic heterocycles. The van der Waals surface area contributed by atoms with Crippen LogP contribution in [-0.4, -0.2) is 0 Å². The van der Waals surface area contributed by atoms with E-state index in [0.29, 0.717) is 0 Å². The van der Waals surface area contributed by atoms with E-state index in [1.165, 1.54) is 71.7 Å². The molecule has 0 spiro atoms. The number of benzene rings is 8. The Hall–Kier alpha value is -5.92. The molecule has 0 unspecified atom stereocenters. The smallest absolute Gasteiger partial charge is 0.0540 e. The van der Waals surface area contributed by atoms with Crippen molar-refractivity contribution in [3.63, 3.8) is 0 Å². The average molecular weight is 614 g/mol. The third-order valence-corrected chi connectivity index (χ3v) is 10.2. The van der Waals surface area contributed by atoms with Crippen molar-refractivity contribution in [2.24, 2.45) is 0 Å². The van der Waals surface area contributed by atoms with Crippen molar-refractivity contribution >= 4 is 38.6 Å². The molecule has 1 aliphatic rings. The highest BCUT2D eigenvalue weighted by atomic mass is 15.1. The van der Waals surface area contributed by atoms with Gasteiger partial charge in [-0.3, -0.25) is 0 Å². The summed E-state index contributed by atoms with van der Waals surface area (Å²) in [6.45, 7) is 4.71. The zero-order chi connectivity index (χ0) is 32.2. The van der Waals surface area contributed by atoms with E-state index in [4.69, 9.17) is 0 Å². The molecule has 0 saturated carbocycles. The van der Waals surface area contributed by atoms with E-state index >= 15 is 0 Å². The third kappa shape index (κ3) is 4.62. The Morgan fingerprint density at radius 2 is 1.00 bits per heavy atom. The van der Waals surface area contributed by atoms with E-state index in [2.05, 4.69) is 195 Å². The fourth-order valence-electron chi connectivity index (χ4n) is 7.71. The standard InChI is InChI=1S/C47H35N/c1-47(2)44-20-9-8-19-41(44)43-31-42-38(30-45(43)47)18-11-21-46(42)48(40-27-24-33-14-6-7-15-37(33)29-40)39-25-22-34(23-26-39)36-17-10-16-35(28-36)32-12-4-3-5-13-32/h3-31H,1-2H3. The minimum Gasteiger partial charge on any atom is -0.310 e. The Morgan fingerprint density at radius 3 is 1.81 bits per heavy atom. The lowest BCUT2D eigenvalue weighted by Crippen LogP contribution is -2.15. The molecule has 1 nitrogen and oxygen atoms in total. The zero-order valence-corrected chi connectivity index (χ0v) is 27.2. The Labute approximate surface area is 282 Å². The largest absolute Gasteiger partial charge is 0.310 e. The van der Waals surface area contributed by atoms with Crippen molar-refractivity contribution in [3.05, 3.63) is 187 Å². The van der Waals surface area contributed by atoms with Crippen molar-refractivity contribution in [2.75, 3.05) is 4.90 Å². The molecule has 228 valence electrons. The van der Waals surface area contributed by atoms with Gasteiger partial charge in [0.2, 0.25) is 0 Å². The first kappa shape index (κ1) is 28.3. The van der Waals surface area contributed by atoms with Gasteiger partial charge >= 0.3 is 0 Å². The van der Waals surface area contributed by atoms with E-state index in [-0.39, 0.29) is 5.41 Å². The second kappa shape index (κ2) is 11.1. The fourth-order valence-corrected chi connectivity index (χ4v) is 7.71. The minimum absolute atomic E-state index is 0.0399. The first-order valence-electron chi connectivity index (χ1n) is 16.8. The van der Waals surface area contributed by atoms with E-state index in [9.17, 15) is 0 Å². The van der Waals surface area contributed by atoms with Gasteiger partial charge in [0.1, 0.15) is 0 Å². The summed E-state index contributed by atoms with van der Waals surface area (Å²) in [6.07, 6.45) is 0. The van der Waals surface area contributed by atoms with E-state index in [1.54, 1.807) is 0 Å². The second-order valence-electron chi connectivity index (χ2n) is 13.4. The van der Waals surface area contributed by atoms with Gasteiger partial charge in [-0.05, 0) is 109 Å². The summed E-state index contributed by atoms with van der Waals surface area (Å²) in [5.41, 5.74) is 13.7. The molecule has 0 aromatic heterocycles. The van der Waals surface area contributed by atoms with Crippen LogP contribution in [0.3, 0.4) is 0 Å². The van der Waals surface area contributed by atoms with E-state index in [1.807, 2.05) is 0 Å². The van der Waals surface area contributed by atoms with Crippen LogP contribution in [0.1, 0.15) is 25.0 Å². The topological polar surface area (TPSA) is 3.24 Å². The van der Waals surface area contributed by atoms with Crippen LogP contribution in [0.2, 0.25) is 0 Å². The van der Waals surface area contributed by atoms with Crippen molar-refractivity contribution in [3.8, 4) is 33.4 Å². The van der Waals surface area contributed by atoms with Crippen LogP contribution in [0.25, 0.3) is 54.9 Å². The highest BCUT2D eigenvalue weighted by Gasteiger charge is 2.35. The monoisotopic (exact) mass is 613 g/mol. The molecule has 8 aromatic carbocycles. The highest BCUT2D eigenvalue weighted by Crippen LogP contribution is 2.51. The number of fused-ring (bicyclic) bond motifs is 5. The van der Waals surface area contributed by atoms with Gasteiger partial charge in [0.25, 0.3) is 0 Å². The summed E-state index contributed by atoms with van der Waals surface area (Å²) >= 11 is 0. The minimum atomic E-state index is -0.0399. The lowest BCUT2D eigenvalue weighted by molar-refractivity contribution is 0.661. The van der Waals surface area contributed by atoms with Crippen LogP contribution >= 0.6 is 0 Å². The molecule has 0 heterocycles. The van der Waals surface area contributed by atoms with Gasteiger partial charge in [-0.2, -0.15) is 0 Å². The maximum Gasteiger partial charge on any atom is 0.0540 e. The maximum absolute atomic E-state index is 2.44. The fraction of sp³-hybridized carbons (Fsp3) is 0.0638. The summed E-state index contributed by atoms with van der Waals surface area (Å²) in [6, 6.07) is 64.4. The number of hydrogen-bond acceptors (Lipinski definition) is 1. The lowest BCUT2D eigenvalue weighted by atomic mass is 9.82. The molecule has 8 aromatic rings. The predicted octanol–water partition coefficient (Wildman–Crippen LogP) is 13.1. The number of hydrogen-bond donors (Lipinski definition) is 0. The summed E-state index contributed by atoms with van der Waals surface area (Å²) < 4.78 is 0. The molecular weight excluding hydrogens is 579 g/mol. The summed E-state index contributed by atoms with van der Waals surface area (Å²) in [4.78, 5) is 2.43. The molecular formula is C47H35N. The van der Waals surface area contributed by atoms with E-state index in [0.717, 1.165) is 11.4 Å². The molecule has 1 heteroatoms. The average Bonchev–Trinajstić information content (AvgIpc) is 3.37. The molecule has 0 atom stereocenters. The van der Waals surface area contributed by atoms with E-state index < -0.39 is 0 Å². The Morgan fingerprint density at radius 1 is 0.375 bits per heavy atom. The third-order valence-electron chi connectivity index (χ3n) is 10.2. The van der Waals surface area contributed by atoms with Crippen LogP contribution in [0, 0.1) is 0 Å². The Balaban J connectivity index is 1.21. The molecule has 0 saturated heterocycles. The summed E-state index contributed by atoms with van der Waals surface area (Å²) in [5.74, 6) is 0. The lowest BCUT2D eigenvalue weighted by Gasteiger charge is -2.28. The molecule has 48 heavy (non-hydrogen) atoms. The highest BCUT2D eigenvalue weighted by molar-refractivity contribution is 6.04. The molecule has 1 aliphatic carbocycles. The van der Waals surface area contributed by atoms with Gasteiger partial charge in [-0.25, -0.2) is 0 Å². The van der Waals surface area contributed by atoms with Gasteiger partial charge in [0.05, 0.1) is 5.69 Å². The summed E-state index contributed by atoms with van der Waals surface area (Å²) in [7, 11) is 0. The molecule has 0 amide bonds. The van der Waals surface area contributed by atoms with Crippen LogP contribution in [0.4, 0.5) is 17.1 Å². The van der Waals surface area contributed by atoms with Gasteiger partial charge in [0.15, 0.2) is 0 Å². The number of rotatable bonds is 5. The normalized spacial score (nSPS) is 13.0. The quantitative estimate of drug-likeness (QED) is 0.187. The van der Waals surface area contributed by atoms with Gasteiger partial charge in [0, 0.05) is 22.2 Å². The second-order valence-corrected chi connectivity index (χ2v) is 13.4. The maximum atomic E-state index is 2.44.